The van der Waals surface area contributed by atoms with Crippen molar-refractivity contribution < 1.29 is 29.6 Å². The molecular formula is C8H7Na. The van der Waals surface area contributed by atoms with Gasteiger partial charge in [0, 0.05) is 0 Å². The van der Waals surface area contributed by atoms with E-state index in [1.165, 1.54) is 0 Å². The first-order chi connectivity index (χ1) is 3.93. The minimum absolute atomic E-state index is 0. The summed E-state index contributed by atoms with van der Waals surface area (Å²) in [5.74, 6) is 0. The Kier molecular flexibility index (Phi) is 4.78. The summed E-state index contributed by atoms with van der Waals surface area (Å²) in [6.07, 6.45) is 1.58. The molecule has 40 valence electrons. The molecule has 0 amide bonds. The van der Waals surface area contributed by atoms with Crippen molar-refractivity contribution in [2.75, 3.05) is 0 Å². The zero-order chi connectivity index (χ0) is 5.82. The van der Waals surface area contributed by atoms with E-state index in [1.807, 2.05) is 30.3 Å². The van der Waals surface area contributed by atoms with Crippen LogP contribution in [0.5, 0.6) is 0 Å². The van der Waals surface area contributed by atoms with Gasteiger partial charge < -0.3 is 0 Å². The van der Waals surface area contributed by atoms with Crippen LogP contribution in [-0.2, 0) is 0 Å². The van der Waals surface area contributed by atoms with E-state index in [-0.39, 0.29) is 29.6 Å². The smallest absolute Gasteiger partial charge is 0.292 e. The van der Waals surface area contributed by atoms with Crippen molar-refractivity contribution in [1.82, 2.24) is 0 Å². The fourth-order valence-corrected chi connectivity index (χ4v) is 0.564. The Morgan fingerprint density at radius 1 is 1.11 bits per heavy atom. The number of hydrogen-bond donors (Lipinski definition) is 0. The van der Waals surface area contributed by atoms with Gasteiger partial charge in [-0.3, -0.25) is 6.58 Å². The molecule has 0 aliphatic carbocycles. The van der Waals surface area contributed by atoms with Gasteiger partial charge in [0.25, 0.3) is 0 Å². The van der Waals surface area contributed by atoms with Crippen molar-refractivity contribution >= 4 is 6.08 Å². The van der Waals surface area contributed by atoms with Crippen LogP contribution in [0.4, 0.5) is 0 Å². The van der Waals surface area contributed by atoms with Crippen LogP contribution >= 0.6 is 0 Å². The minimum atomic E-state index is 0. The Bertz CT molecular complexity index is 167. The fourth-order valence-electron chi connectivity index (χ4n) is 0.564. The van der Waals surface area contributed by atoms with Crippen LogP contribution in [0.2, 0.25) is 0 Å². The van der Waals surface area contributed by atoms with Gasteiger partial charge in [-0.05, 0) is 0 Å². The number of benzene rings is 1. The van der Waals surface area contributed by atoms with Crippen LogP contribution in [-0.4, -0.2) is 0 Å². The van der Waals surface area contributed by atoms with Gasteiger partial charge in [-0.15, -0.1) is 12.1 Å². The average molecular weight is 126 g/mol. The molecule has 0 aromatic heterocycles. The largest absolute Gasteiger partial charge is 1.00 e. The van der Waals surface area contributed by atoms with Crippen molar-refractivity contribution in [1.29, 1.82) is 0 Å². The zero-order valence-corrected chi connectivity index (χ0v) is 7.54. The van der Waals surface area contributed by atoms with Crippen LogP contribution < -0.4 is 29.6 Å². The second-order valence-corrected chi connectivity index (χ2v) is 1.58. The standard InChI is InChI=1S/C8H7.Na/c1-2-8-6-4-3-5-7-8;/h1-7H;/q-1;+1. The van der Waals surface area contributed by atoms with Crippen LogP contribution in [0, 0.1) is 6.58 Å². The second kappa shape index (κ2) is 4.80. The maximum absolute atomic E-state index is 5.22. The van der Waals surface area contributed by atoms with Gasteiger partial charge in [0.05, 0.1) is 0 Å². The van der Waals surface area contributed by atoms with Crippen molar-refractivity contribution in [3.05, 3.63) is 42.5 Å². The monoisotopic (exact) mass is 126 g/mol. The van der Waals surface area contributed by atoms with Crippen LogP contribution in [0.15, 0.2) is 30.3 Å². The van der Waals surface area contributed by atoms with Crippen LogP contribution in [0.25, 0.3) is 6.08 Å². The molecule has 1 aromatic carbocycles. The van der Waals surface area contributed by atoms with Crippen molar-refractivity contribution in [3.63, 3.8) is 0 Å². The quantitative estimate of drug-likeness (QED) is 0.339. The molecule has 0 unspecified atom stereocenters. The molecule has 0 aliphatic rings. The van der Waals surface area contributed by atoms with Crippen LogP contribution in [0.3, 0.4) is 0 Å². The Labute approximate surface area is 77.9 Å². The fraction of sp³-hybridized carbons (Fsp3) is 0. The molecule has 0 heterocycles. The van der Waals surface area contributed by atoms with E-state index in [2.05, 4.69) is 0 Å². The van der Waals surface area contributed by atoms with Gasteiger partial charge in [0.2, 0.25) is 0 Å². The molecule has 0 saturated carbocycles. The van der Waals surface area contributed by atoms with Crippen LogP contribution in [0.1, 0.15) is 5.56 Å². The molecule has 0 saturated heterocycles. The number of hydrogen-bond acceptors (Lipinski definition) is 0. The van der Waals surface area contributed by atoms with E-state index in [4.69, 9.17) is 6.58 Å². The van der Waals surface area contributed by atoms with Crippen molar-refractivity contribution in [2.45, 2.75) is 0 Å². The van der Waals surface area contributed by atoms with Crippen molar-refractivity contribution in [3.8, 4) is 0 Å². The summed E-state index contributed by atoms with van der Waals surface area (Å²) >= 11 is 0. The van der Waals surface area contributed by atoms with E-state index in [0.717, 1.165) is 5.56 Å². The van der Waals surface area contributed by atoms with E-state index >= 15 is 0 Å². The summed E-state index contributed by atoms with van der Waals surface area (Å²) in [4.78, 5) is 0. The molecule has 0 aliphatic heterocycles. The van der Waals surface area contributed by atoms with E-state index < -0.39 is 0 Å². The number of rotatable bonds is 1. The maximum Gasteiger partial charge on any atom is 1.00 e. The molecule has 0 spiro atoms. The first-order valence-electron chi connectivity index (χ1n) is 2.53. The normalized spacial score (nSPS) is 7.56. The summed E-state index contributed by atoms with van der Waals surface area (Å²) in [6, 6.07) is 9.80. The van der Waals surface area contributed by atoms with Gasteiger partial charge in [-0.25, -0.2) is 6.08 Å². The zero-order valence-electron chi connectivity index (χ0n) is 5.54. The van der Waals surface area contributed by atoms with E-state index in [9.17, 15) is 0 Å². The third-order valence-electron chi connectivity index (χ3n) is 0.992. The Morgan fingerprint density at radius 3 is 2.00 bits per heavy atom. The second-order valence-electron chi connectivity index (χ2n) is 1.58. The van der Waals surface area contributed by atoms with Gasteiger partial charge in [0.15, 0.2) is 0 Å². The molecular weight excluding hydrogens is 119 g/mol. The van der Waals surface area contributed by atoms with Gasteiger partial charge in [0.1, 0.15) is 0 Å². The van der Waals surface area contributed by atoms with Gasteiger partial charge in [-0.1, -0.05) is 18.2 Å². The summed E-state index contributed by atoms with van der Waals surface area (Å²) < 4.78 is 0. The first-order valence-corrected chi connectivity index (χ1v) is 2.53. The van der Waals surface area contributed by atoms with Gasteiger partial charge in [-0.2, -0.15) is 5.56 Å². The van der Waals surface area contributed by atoms with Crippen molar-refractivity contribution in [2.24, 2.45) is 0 Å². The summed E-state index contributed by atoms with van der Waals surface area (Å²) in [5, 5.41) is 0. The Morgan fingerprint density at radius 2 is 1.67 bits per heavy atom. The Hall–Kier alpha value is -0.0400. The van der Waals surface area contributed by atoms with Gasteiger partial charge >= 0.3 is 29.6 Å². The predicted octanol–water partition coefficient (Wildman–Crippen LogP) is -0.863. The summed E-state index contributed by atoms with van der Waals surface area (Å²) in [6.45, 7) is 5.22. The third-order valence-corrected chi connectivity index (χ3v) is 0.992. The average Bonchev–Trinajstić information content (AvgIpc) is 1.90. The molecule has 0 atom stereocenters. The summed E-state index contributed by atoms with van der Waals surface area (Å²) in [7, 11) is 0. The predicted molar refractivity (Wildman–Crippen MR) is 35.2 cm³/mol. The molecule has 0 radical (unpaired) electrons. The molecule has 1 heteroatoms. The van der Waals surface area contributed by atoms with E-state index in [1.54, 1.807) is 6.08 Å². The first kappa shape index (κ1) is 8.96. The minimum Gasteiger partial charge on any atom is -0.292 e. The molecule has 0 nitrogen and oxygen atoms in total. The molecule has 0 N–H and O–H groups in total. The molecule has 1 aromatic rings. The molecule has 1 rings (SSSR count). The topological polar surface area (TPSA) is 0 Å². The Balaban J connectivity index is 0.000000640. The summed E-state index contributed by atoms with van der Waals surface area (Å²) in [5.41, 5.74) is 1.06. The third kappa shape index (κ3) is 2.85. The maximum atomic E-state index is 5.22. The molecule has 0 bridgehead atoms. The van der Waals surface area contributed by atoms with E-state index in [0.29, 0.717) is 0 Å². The molecule has 0 fully saturated rings. The SMILES string of the molecule is [CH-]=Cc1ccccc1.[Na+]. The molecule has 9 heavy (non-hydrogen) atoms.